The molecule has 1 aliphatic carbocycles. The normalized spacial score (nSPS) is 17.2. The number of anilines is 1. The van der Waals surface area contributed by atoms with Crippen LogP contribution in [0.2, 0.25) is 0 Å². The number of ether oxygens (including phenoxy) is 1. The average Bonchev–Trinajstić information content (AvgIpc) is 2.82. The van der Waals surface area contributed by atoms with Crippen LogP contribution in [0.4, 0.5) is 10.1 Å². The van der Waals surface area contributed by atoms with Crippen molar-refractivity contribution in [2.24, 2.45) is 0 Å². The minimum atomic E-state index is -0.462. The highest BCUT2D eigenvalue weighted by Gasteiger charge is 2.43. The summed E-state index contributed by atoms with van der Waals surface area (Å²) in [4.78, 5) is 4.34. The fourth-order valence-electron chi connectivity index (χ4n) is 2.22. The molecule has 19 heavy (non-hydrogen) atoms. The van der Waals surface area contributed by atoms with Gasteiger partial charge in [0.2, 0.25) is 5.82 Å². The molecule has 0 radical (unpaired) electrons. The van der Waals surface area contributed by atoms with Crippen LogP contribution in [0.5, 0.6) is 0 Å². The monoisotopic (exact) mass is 263 g/mol. The van der Waals surface area contributed by atoms with Crippen LogP contribution in [0, 0.1) is 5.82 Å². The molecule has 1 aromatic heterocycles. The first-order valence-corrected chi connectivity index (χ1v) is 6.09. The van der Waals surface area contributed by atoms with E-state index in [2.05, 4.69) is 10.1 Å². The summed E-state index contributed by atoms with van der Waals surface area (Å²) in [7, 11) is 1.64. The molecule has 0 aliphatic heterocycles. The molecule has 0 atom stereocenters. The van der Waals surface area contributed by atoms with Crippen molar-refractivity contribution >= 4 is 5.69 Å². The van der Waals surface area contributed by atoms with Gasteiger partial charge in [-0.1, -0.05) is 5.16 Å². The first-order chi connectivity index (χ1) is 9.14. The smallest absolute Gasteiger partial charge is 0.258 e. The summed E-state index contributed by atoms with van der Waals surface area (Å²) in [6.07, 6.45) is 2.85. The van der Waals surface area contributed by atoms with E-state index < -0.39 is 11.4 Å². The van der Waals surface area contributed by atoms with Crippen molar-refractivity contribution in [1.29, 1.82) is 0 Å². The molecule has 100 valence electrons. The van der Waals surface area contributed by atoms with Crippen molar-refractivity contribution in [3.63, 3.8) is 0 Å². The van der Waals surface area contributed by atoms with Crippen LogP contribution in [-0.4, -0.2) is 17.3 Å². The summed E-state index contributed by atoms with van der Waals surface area (Å²) in [5, 5.41) is 3.96. The van der Waals surface area contributed by atoms with E-state index in [0.717, 1.165) is 19.3 Å². The number of nitrogen functional groups attached to an aromatic ring is 1. The summed E-state index contributed by atoms with van der Waals surface area (Å²) in [5.41, 5.74) is 5.76. The first kappa shape index (κ1) is 12.1. The van der Waals surface area contributed by atoms with Crippen molar-refractivity contribution in [1.82, 2.24) is 10.1 Å². The largest absolute Gasteiger partial charge is 0.396 e. The molecule has 0 spiro atoms. The summed E-state index contributed by atoms with van der Waals surface area (Å²) < 4.78 is 23.8. The molecule has 0 bridgehead atoms. The highest BCUT2D eigenvalue weighted by Crippen LogP contribution is 2.43. The maximum atomic E-state index is 13.1. The van der Waals surface area contributed by atoms with Crippen molar-refractivity contribution in [2.75, 3.05) is 12.8 Å². The molecule has 1 fully saturated rings. The van der Waals surface area contributed by atoms with E-state index in [1.165, 1.54) is 12.1 Å². The molecule has 1 aliphatic rings. The SMILES string of the molecule is COC1(c2noc(-c3ccc(F)c(N)c3)n2)CCC1. The van der Waals surface area contributed by atoms with E-state index in [4.69, 9.17) is 15.0 Å². The number of rotatable bonds is 3. The Labute approximate surface area is 109 Å². The Hall–Kier alpha value is -1.95. The van der Waals surface area contributed by atoms with Gasteiger partial charge >= 0.3 is 0 Å². The standard InChI is InChI=1S/C13H14FN3O2/c1-18-13(5-2-6-13)12-16-11(19-17-12)8-3-4-9(14)10(15)7-8/h3-4,7H,2,5-6,15H2,1H3. The number of hydrogen-bond donors (Lipinski definition) is 1. The molecular formula is C13H14FN3O2. The van der Waals surface area contributed by atoms with E-state index in [0.29, 0.717) is 17.3 Å². The van der Waals surface area contributed by atoms with Gasteiger partial charge in [-0.05, 0) is 37.5 Å². The topological polar surface area (TPSA) is 74.2 Å². The number of benzene rings is 1. The van der Waals surface area contributed by atoms with Crippen LogP contribution < -0.4 is 5.73 Å². The third-order valence-corrected chi connectivity index (χ3v) is 3.63. The molecule has 1 saturated carbocycles. The highest BCUT2D eigenvalue weighted by molar-refractivity contribution is 5.60. The summed E-state index contributed by atoms with van der Waals surface area (Å²) in [6, 6.07) is 4.32. The van der Waals surface area contributed by atoms with Crippen molar-refractivity contribution in [3.05, 3.63) is 29.8 Å². The zero-order valence-electron chi connectivity index (χ0n) is 10.5. The number of methoxy groups -OCH3 is 1. The number of hydrogen-bond acceptors (Lipinski definition) is 5. The van der Waals surface area contributed by atoms with Crippen LogP contribution in [0.15, 0.2) is 22.7 Å². The number of nitrogens with two attached hydrogens (primary N) is 1. The lowest BCUT2D eigenvalue weighted by atomic mass is 9.79. The summed E-state index contributed by atoms with van der Waals surface area (Å²) >= 11 is 0. The van der Waals surface area contributed by atoms with Crippen molar-refractivity contribution < 1.29 is 13.7 Å². The number of nitrogens with zero attached hydrogens (tertiary/aromatic N) is 2. The fourth-order valence-corrected chi connectivity index (χ4v) is 2.22. The Kier molecular flexibility index (Phi) is 2.74. The fraction of sp³-hybridized carbons (Fsp3) is 0.385. The van der Waals surface area contributed by atoms with E-state index >= 15 is 0 Å². The van der Waals surface area contributed by atoms with Crippen LogP contribution in [-0.2, 0) is 10.3 Å². The van der Waals surface area contributed by atoms with E-state index in [1.807, 2.05) is 0 Å². The molecule has 0 unspecified atom stereocenters. The van der Waals surface area contributed by atoms with Gasteiger partial charge in [0.25, 0.3) is 5.89 Å². The lowest BCUT2D eigenvalue weighted by Crippen LogP contribution is -2.37. The Bertz CT molecular complexity index is 602. The molecule has 2 N–H and O–H groups in total. The molecule has 0 amide bonds. The van der Waals surface area contributed by atoms with Gasteiger partial charge in [-0.2, -0.15) is 4.98 Å². The maximum absolute atomic E-state index is 13.1. The zero-order chi connectivity index (χ0) is 13.5. The minimum absolute atomic E-state index is 0.0577. The van der Waals surface area contributed by atoms with Crippen LogP contribution >= 0.6 is 0 Å². The van der Waals surface area contributed by atoms with Gasteiger partial charge in [-0.15, -0.1) is 0 Å². The van der Waals surface area contributed by atoms with Crippen LogP contribution in [0.1, 0.15) is 25.1 Å². The van der Waals surface area contributed by atoms with Gasteiger partial charge < -0.3 is 15.0 Å². The minimum Gasteiger partial charge on any atom is -0.396 e. The predicted octanol–water partition coefficient (Wildman–Crippen LogP) is 2.48. The molecule has 0 saturated heterocycles. The quantitative estimate of drug-likeness (QED) is 0.861. The third-order valence-electron chi connectivity index (χ3n) is 3.63. The van der Waals surface area contributed by atoms with E-state index in [9.17, 15) is 4.39 Å². The zero-order valence-corrected chi connectivity index (χ0v) is 10.5. The second kappa shape index (κ2) is 4.31. The van der Waals surface area contributed by atoms with Gasteiger partial charge in [0.15, 0.2) is 0 Å². The maximum Gasteiger partial charge on any atom is 0.258 e. The predicted molar refractivity (Wildman–Crippen MR) is 66.6 cm³/mol. The van der Waals surface area contributed by atoms with Crippen LogP contribution in [0.25, 0.3) is 11.5 Å². The van der Waals surface area contributed by atoms with Crippen molar-refractivity contribution in [2.45, 2.75) is 24.9 Å². The Morgan fingerprint density at radius 3 is 2.79 bits per heavy atom. The molecule has 6 heteroatoms. The Morgan fingerprint density at radius 2 is 2.21 bits per heavy atom. The Balaban J connectivity index is 1.94. The van der Waals surface area contributed by atoms with E-state index in [-0.39, 0.29) is 5.69 Å². The average molecular weight is 263 g/mol. The van der Waals surface area contributed by atoms with Gasteiger partial charge in [-0.3, -0.25) is 0 Å². The lowest BCUT2D eigenvalue weighted by Gasteiger charge is -2.37. The van der Waals surface area contributed by atoms with Crippen LogP contribution in [0.3, 0.4) is 0 Å². The highest BCUT2D eigenvalue weighted by atomic mass is 19.1. The first-order valence-electron chi connectivity index (χ1n) is 6.09. The Morgan fingerprint density at radius 1 is 1.42 bits per heavy atom. The summed E-state index contributed by atoms with van der Waals surface area (Å²) in [5.74, 6) is 0.403. The van der Waals surface area contributed by atoms with Crippen molar-refractivity contribution in [3.8, 4) is 11.5 Å². The molecule has 5 nitrogen and oxygen atoms in total. The van der Waals surface area contributed by atoms with Gasteiger partial charge in [0.05, 0.1) is 5.69 Å². The van der Waals surface area contributed by atoms with Gasteiger partial charge in [0, 0.05) is 12.7 Å². The number of aromatic nitrogens is 2. The molecule has 1 aromatic carbocycles. The lowest BCUT2D eigenvalue weighted by molar-refractivity contribution is -0.0858. The summed E-state index contributed by atoms with van der Waals surface area (Å²) in [6.45, 7) is 0. The molecule has 1 heterocycles. The molecule has 2 aromatic rings. The van der Waals surface area contributed by atoms with Gasteiger partial charge in [-0.25, -0.2) is 4.39 Å². The van der Waals surface area contributed by atoms with E-state index in [1.54, 1.807) is 13.2 Å². The van der Waals surface area contributed by atoms with Gasteiger partial charge in [0.1, 0.15) is 11.4 Å². The third kappa shape index (κ3) is 1.88. The second-order valence-electron chi connectivity index (χ2n) is 4.71. The molecule has 3 rings (SSSR count). The molecular weight excluding hydrogens is 249 g/mol. The number of halogens is 1. The second-order valence-corrected chi connectivity index (χ2v) is 4.71.